The molecule has 1 rings (SSSR count). The van der Waals surface area contributed by atoms with Gasteiger partial charge in [0.25, 0.3) is 0 Å². The molecular weight excluding hydrogens is 198 g/mol. The van der Waals surface area contributed by atoms with Gasteiger partial charge < -0.3 is 4.90 Å². The second kappa shape index (κ2) is 5.50. The van der Waals surface area contributed by atoms with Crippen molar-refractivity contribution in [3.63, 3.8) is 0 Å². The van der Waals surface area contributed by atoms with E-state index in [-0.39, 0.29) is 0 Å². The molecule has 0 aliphatic carbocycles. The smallest absolute Gasteiger partial charge is 0.130 e. The molecule has 1 aromatic rings. The van der Waals surface area contributed by atoms with Gasteiger partial charge in [-0.15, -0.1) is 0 Å². The van der Waals surface area contributed by atoms with Crippen LogP contribution in [0.4, 0.5) is 5.82 Å². The summed E-state index contributed by atoms with van der Waals surface area (Å²) in [4.78, 5) is 6.63. The lowest BCUT2D eigenvalue weighted by Crippen LogP contribution is -2.31. The third-order valence-electron chi connectivity index (χ3n) is 2.92. The second-order valence-corrected chi connectivity index (χ2v) is 4.05. The Kier molecular flexibility index (Phi) is 4.30. The lowest BCUT2D eigenvalue weighted by atomic mass is 10.1. The van der Waals surface area contributed by atoms with E-state index in [1.54, 1.807) is 0 Å². The normalized spacial score (nSPS) is 10.2. The van der Waals surface area contributed by atoms with Gasteiger partial charge in [0.15, 0.2) is 0 Å². The highest BCUT2D eigenvalue weighted by Gasteiger charge is 2.13. The Hall–Kier alpha value is -1.56. The highest BCUT2D eigenvalue weighted by molar-refractivity contribution is 5.46. The number of nitrogens with zero attached hydrogens (tertiary/aromatic N) is 3. The Labute approximate surface area is 97.7 Å². The van der Waals surface area contributed by atoms with Crippen LogP contribution in [0.2, 0.25) is 0 Å². The molecule has 16 heavy (non-hydrogen) atoms. The number of pyridine rings is 1. The van der Waals surface area contributed by atoms with Gasteiger partial charge in [0.1, 0.15) is 5.82 Å². The van der Waals surface area contributed by atoms with Gasteiger partial charge in [-0.05, 0) is 31.9 Å². The van der Waals surface area contributed by atoms with Gasteiger partial charge in [-0.2, -0.15) is 5.26 Å². The first-order valence-corrected chi connectivity index (χ1v) is 5.74. The zero-order chi connectivity index (χ0) is 12.1. The molecule has 0 unspecified atom stereocenters. The van der Waals surface area contributed by atoms with Crippen LogP contribution in [-0.2, 0) is 0 Å². The predicted molar refractivity (Wildman–Crippen MR) is 66.5 cm³/mol. The van der Waals surface area contributed by atoms with Gasteiger partial charge >= 0.3 is 0 Å². The number of nitriles is 1. The number of hydrogen-bond donors (Lipinski definition) is 0. The molecule has 3 nitrogen and oxygen atoms in total. The van der Waals surface area contributed by atoms with Gasteiger partial charge in [-0.25, -0.2) is 4.98 Å². The lowest BCUT2D eigenvalue weighted by Gasteiger charge is -2.27. The van der Waals surface area contributed by atoms with Gasteiger partial charge in [-0.3, -0.25) is 0 Å². The van der Waals surface area contributed by atoms with Crippen LogP contribution in [-0.4, -0.2) is 18.1 Å². The van der Waals surface area contributed by atoms with Crippen molar-refractivity contribution in [1.29, 1.82) is 5.26 Å². The van der Waals surface area contributed by atoms with Gasteiger partial charge in [0.05, 0.1) is 11.6 Å². The summed E-state index contributed by atoms with van der Waals surface area (Å²) >= 11 is 0. The summed E-state index contributed by atoms with van der Waals surface area (Å²) in [5.74, 6) is 0.894. The maximum absolute atomic E-state index is 8.92. The fraction of sp³-hybridized carbons (Fsp3) is 0.538. The fourth-order valence-corrected chi connectivity index (χ4v) is 1.92. The second-order valence-electron chi connectivity index (χ2n) is 4.05. The highest BCUT2D eigenvalue weighted by atomic mass is 15.2. The Balaban J connectivity index is 3.03. The zero-order valence-corrected chi connectivity index (χ0v) is 10.5. The molecule has 0 radical (unpaired) electrons. The Bertz CT molecular complexity index is 389. The van der Waals surface area contributed by atoms with Crippen LogP contribution in [0.25, 0.3) is 0 Å². The average Bonchev–Trinajstić information content (AvgIpc) is 2.29. The van der Waals surface area contributed by atoms with E-state index in [0.717, 1.165) is 24.4 Å². The molecule has 3 heteroatoms. The van der Waals surface area contributed by atoms with Gasteiger partial charge in [-0.1, -0.05) is 13.8 Å². The van der Waals surface area contributed by atoms with E-state index < -0.39 is 0 Å². The van der Waals surface area contributed by atoms with E-state index in [4.69, 9.17) is 5.26 Å². The highest BCUT2D eigenvalue weighted by Crippen LogP contribution is 2.18. The van der Waals surface area contributed by atoms with Crippen molar-refractivity contribution in [1.82, 2.24) is 4.98 Å². The minimum Gasteiger partial charge on any atom is -0.357 e. The third kappa shape index (κ3) is 2.73. The first-order valence-electron chi connectivity index (χ1n) is 5.74. The summed E-state index contributed by atoms with van der Waals surface area (Å²) in [6.45, 7) is 6.27. The summed E-state index contributed by atoms with van der Waals surface area (Å²) < 4.78 is 0. The first kappa shape index (κ1) is 12.5. The van der Waals surface area contributed by atoms with E-state index in [0.29, 0.717) is 11.6 Å². The van der Waals surface area contributed by atoms with Crippen molar-refractivity contribution in [2.24, 2.45) is 0 Å². The molecule has 0 saturated carbocycles. The summed E-state index contributed by atoms with van der Waals surface area (Å²) in [6.07, 6.45) is 2.18. The summed E-state index contributed by atoms with van der Waals surface area (Å²) in [5.41, 5.74) is 1.58. The van der Waals surface area contributed by atoms with Crippen LogP contribution in [0.1, 0.15) is 37.9 Å². The van der Waals surface area contributed by atoms with Crippen molar-refractivity contribution in [3.05, 3.63) is 23.4 Å². The van der Waals surface area contributed by atoms with Crippen molar-refractivity contribution >= 4 is 5.82 Å². The van der Waals surface area contributed by atoms with Crippen LogP contribution in [0.3, 0.4) is 0 Å². The quantitative estimate of drug-likeness (QED) is 0.778. The molecule has 0 aliphatic rings. The molecular formula is C13H19N3. The number of hydrogen-bond acceptors (Lipinski definition) is 3. The number of rotatable bonds is 4. The van der Waals surface area contributed by atoms with E-state index in [1.807, 2.05) is 26.1 Å². The molecule has 0 N–H and O–H groups in total. The number of aromatic nitrogens is 1. The van der Waals surface area contributed by atoms with Crippen molar-refractivity contribution in [2.45, 2.75) is 39.7 Å². The van der Waals surface area contributed by atoms with Crippen LogP contribution in [0.15, 0.2) is 12.1 Å². The average molecular weight is 217 g/mol. The lowest BCUT2D eigenvalue weighted by molar-refractivity contribution is 0.586. The monoisotopic (exact) mass is 217 g/mol. The van der Waals surface area contributed by atoms with Crippen LogP contribution in [0, 0.1) is 18.3 Å². The largest absolute Gasteiger partial charge is 0.357 e. The van der Waals surface area contributed by atoms with E-state index in [1.165, 1.54) is 0 Å². The minimum absolute atomic E-state index is 0.487. The summed E-state index contributed by atoms with van der Waals surface area (Å²) in [5, 5.41) is 8.92. The maximum Gasteiger partial charge on any atom is 0.130 e. The minimum atomic E-state index is 0.487. The molecule has 0 amide bonds. The molecule has 0 fully saturated rings. The van der Waals surface area contributed by atoms with Crippen LogP contribution >= 0.6 is 0 Å². The predicted octanol–water partition coefficient (Wildman–Crippen LogP) is 2.89. The number of aryl methyl sites for hydroxylation is 1. The zero-order valence-electron chi connectivity index (χ0n) is 10.5. The topological polar surface area (TPSA) is 39.9 Å². The van der Waals surface area contributed by atoms with Gasteiger partial charge in [0, 0.05) is 18.8 Å². The Morgan fingerprint density at radius 2 is 2.00 bits per heavy atom. The molecule has 86 valence electrons. The molecule has 0 atom stereocenters. The molecule has 0 saturated heterocycles. The summed E-state index contributed by atoms with van der Waals surface area (Å²) in [7, 11) is 2.04. The molecule has 0 aromatic carbocycles. The molecule has 1 aromatic heterocycles. The van der Waals surface area contributed by atoms with E-state index in [9.17, 15) is 0 Å². The SMILES string of the molecule is CCC(CC)N(C)c1cc(C#N)cc(C)n1. The summed E-state index contributed by atoms with van der Waals surface area (Å²) in [6, 6.07) is 6.32. The standard InChI is InChI=1S/C13H19N3/c1-5-12(6-2)16(4)13-8-11(9-14)7-10(3)15-13/h7-8,12H,5-6H2,1-4H3. The van der Waals surface area contributed by atoms with Crippen LogP contribution < -0.4 is 4.90 Å². The third-order valence-corrected chi connectivity index (χ3v) is 2.92. The molecule has 0 bridgehead atoms. The molecule has 1 heterocycles. The van der Waals surface area contributed by atoms with E-state index in [2.05, 4.69) is 29.8 Å². The van der Waals surface area contributed by atoms with E-state index >= 15 is 0 Å². The Morgan fingerprint density at radius 3 is 2.50 bits per heavy atom. The Morgan fingerprint density at radius 1 is 1.38 bits per heavy atom. The molecule has 0 spiro atoms. The maximum atomic E-state index is 8.92. The first-order chi connectivity index (χ1) is 7.62. The van der Waals surface area contributed by atoms with Crippen molar-refractivity contribution < 1.29 is 0 Å². The fourth-order valence-electron chi connectivity index (χ4n) is 1.92. The van der Waals surface area contributed by atoms with Gasteiger partial charge in [0.2, 0.25) is 0 Å². The molecule has 0 aliphatic heterocycles. The van der Waals surface area contributed by atoms with Crippen molar-refractivity contribution in [3.8, 4) is 6.07 Å². The van der Waals surface area contributed by atoms with Crippen molar-refractivity contribution in [2.75, 3.05) is 11.9 Å². The number of anilines is 1. The van der Waals surface area contributed by atoms with Crippen LogP contribution in [0.5, 0.6) is 0 Å².